The predicted octanol–water partition coefficient (Wildman–Crippen LogP) is 12.9. The van der Waals surface area contributed by atoms with Gasteiger partial charge in [0.1, 0.15) is 11.2 Å². The Kier molecular flexibility index (Phi) is 5.70. The molecule has 4 saturated carbocycles. The summed E-state index contributed by atoms with van der Waals surface area (Å²) in [6, 6.07) is 48.1. The molecule has 0 aliphatic heterocycles. The van der Waals surface area contributed by atoms with Gasteiger partial charge in [0.2, 0.25) is 0 Å². The smallest absolute Gasteiger partial charge is 0.135 e. The molecule has 0 atom stereocenters. The molecule has 2 aromatic heterocycles. The summed E-state index contributed by atoms with van der Waals surface area (Å²) in [4.78, 5) is 4.26. The van der Waals surface area contributed by atoms with Crippen LogP contribution in [0.3, 0.4) is 0 Å². The standard InChI is InChI=1S/C49H37NO/c1-2-7-47-41(5-1)44-27-35(12-15-48(44)51-47)34-11-14-45-43(26-34)40-13-10-36(28-46(40)49(45)37-21-29-20-30(23-37)24-38(49)22-29)39-6-3-4-32-8-9-33(25-42(32)39)31-16-18-50-19-17-31/h1-19,25-30,37-38H,20-24H2. The van der Waals surface area contributed by atoms with E-state index in [1.54, 1.807) is 11.1 Å². The molecule has 6 aromatic carbocycles. The summed E-state index contributed by atoms with van der Waals surface area (Å²) in [5, 5.41) is 4.96. The molecule has 2 heteroatoms. The number of hydrogen-bond acceptors (Lipinski definition) is 2. The third-order valence-electron chi connectivity index (χ3n) is 13.6. The summed E-state index contributed by atoms with van der Waals surface area (Å²) in [6.07, 6.45) is 10.8. The van der Waals surface area contributed by atoms with E-state index in [1.165, 1.54) is 98.2 Å². The van der Waals surface area contributed by atoms with E-state index in [0.29, 0.717) is 11.8 Å². The second-order valence-corrected chi connectivity index (χ2v) is 16.0. The van der Waals surface area contributed by atoms with E-state index in [1.807, 2.05) is 12.4 Å². The third-order valence-corrected chi connectivity index (χ3v) is 13.6. The quantitative estimate of drug-likeness (QED) is 0.189. The SMILES string of the molecule is c1cc(-c2ccc3c(c2)C2(c4ccc(-c5ccc6oc7ccccc7c6c5)cc4-3)C3CC4CC(C3)CC2C4)c2cc(-c3ccncc3)ccc2c1. The highest BCUT2D eigenvalue weighted by atomic mass is 16.3. The van der Waals surface area contributed by atoms with Gasteiger partial charge in [-0.1, -0.05) is 78.9 Å². The van der Waals surface area contributed by atoms with Crippen LogP contribution in [0.2, 0.25) is 0 Å². The van der Waals surface area contributed by atoms with Gasteiger partial charge in [0, 0.05) is 28.6 Å². The zero-order chi connectivity index (χ0) is 33.3. The Bertz CT molecular complexity index is 2690. The number of aromatic nitrogens is 1. The minimum Gasteiger partial charge on any atom is -0.456 e. The van der Waals surface area contributed by atoms with Crippen molar-refractivity contribution in [3.63, 3.8) is 0 Å². The van der Waals surface area contributed by atoms with Gasteiger partial charge in [-0.3, -0.25) is 4.98 Å². The Morgan fingerprint density at radius 1 is 0.451 bits per heavy atom. The van der Waals surface area contributed by atoms with Gasteiger partial charge in [0.25, 0.3) is 0 Å². The summed E-state index contributed by atoms with van der Waals surface area (Å²) >= 11 is 0. The average Bonchev–Trinajstić information content (AvgIpc) is 3.69. The Morgan fingerprint density at radius 2 is 1.16 bits per heavy atom. The Hall–Kier alpha value is -5.47. The number of rotatable bonds is 3. The van der Waals surface area contributed by atoms with E-state index in [0.717, 1.165) is 23.0 Å². The van der Waals surface area contributed by atoms with Crippen molar-refractivity contribution in [1.29, 1.82) is 0 Å². The molecule has 4 bridgehead atoms. The monoisotopic (exact) mass is 655 g/mol. The fraction of sp³-hybridized carbons (Fsp3) is 0.204. The molecule has 0 radical (unpaired) electrons. The maximum absolute atomic E-state index is 6.19. The summed E-state index contributed by atoms with van der Waals surface area (Å²) in [5.41, 5.74) is 15.7. The highest BCUT2D eigenvalue weighted by molar-refractivity contribution is 6.06. The molecule has 4 fully saturated rings. The minimum absolute atomic E-state index is 0.101. The Morgan fingerprint density at radius 3 is 2.02 bits per heavy atom. The molecular formula is C49H37NO. The molecule has 5 aliphatic carbocycles. The van der Waals surface area contributed by atoms with Crippen LogP contribution in [0.4, 0.5) is 0 Å². The van der Waals surface area contributed by atoms with Crippen molar-refractivity contribution in [1.82, 2.24) is 4.98 Å². The lowest BCUT2D eigenvalue weighted by molar-refractivity contribution is -0.0399. The van der Waals surface area contributed by atoms with Crippen molar-refractivity contribution in [2.75, 3.05) is 0 Å². The van der Waals surface area contributed by atoms with Crippen molar-refractivity contribution in [3.05, 3.63) is 151 Å². The van der Waals surface area contributed by atoms with Crippen LogP contribution in [0, 0.1) is 23.7 Å². The second kappa shape index (κ2) is 10.3. The number of benzene rings is 6. The van der Waals surface area contributed by atoms with E-state index in [2.05, 4.69) is 132 Å². The van der Waals surface area contributed by atoms with E-state index in [9.17, 15) is 0 Å². The highest BCUT2D eigenvalue weighted by Gasteiger charge is 2.61. The Balaban J connectivity index is 1.05. The molecule has 0 saturated heterocycles. The van der Waals surface area contributed by atoms with Crippen LogP contribution >= 0.6 is 0 Å². The topological polar surface area (TPSA) is 26.0 Å². The highest BCUT2D eigenvalue weighted by Crippen LogP contribution is 2.69. The van der Waals surface area contributed by atoms with Gasteiger partial charge in [-0.05, 0) is 171 Å². The summed E-state index contributed by atoms with van der Waals surface area (Å²) in [7, 11) is 0. The fourth-order valence-corrected chi connectivity index (χ4v) is 11.7. The molecule has 2 nitrogen and oxygen atoms in total. The second-order valence-electron chi connectivity index (χ2n) is 16.0. The molecule has 244 valence electrons. The number of para-hydroxylation sites is 1. The molecule has 5 aliphatic rings. The van der Waals surface area contributed by atoms with Gasteiger partial charge in [0.05, 0.1) is 0 Å². The Labute approximate surface area is 297 Å². The van der Waals surface area contributed by atoms with Crippen LogP contribution in [0.5, 0.6) is 0 Å². The average molecular weight is 656 g/mol. The van der Waals surface area contributed by atoms with Gasteiger partial charge in [-0.15, -0.1) is 0 Å². The molecule has 0 amide bonds. The molecular weight excluding hydrogens is 619 g/mol. The third kappa shape index (κ3) is 3.91. The van der Waals surface area contributed by atoms with Crippen LogP contribution in [0.25, 0.3) is 77.2 Å². The number of fused-ring (bicyclic) bond motifs is 7. The number of pyridine rings is 1. The summed E-state index contributed by atoms with van der Waals surface area (Å²) in [6.45, 7) is 0. The van der Waals surface area contributed by atoms with E-state index in [-0.39, 0.29) is 5.41 Å². The molecule has 13 rings (SSSR count). The van der Waals surface area contributed by atoms with Crippen LogP contribution in [-0.4, -0.2) is 4.98 Å². The number of nitrogens with zero attached hydrogens (tertiary/aromatic N) is 1. The first-order valence-corrected chi connectivity index (χ1v) is 18.9. The number of hydrogen-bond donors (Lipinski definition) is 0. The van der Waals surface area contributed by atoms with Gasteiger partial charge in [0.15, 0.2) is 0 Å². The van der Waals surface area contributed by atoms with Crippen molar-refractivity contribution in [3.8, 4) is 44.5 Å². The lowest BCUT2D eigenvalue weighted by Gasteiger charge is -2.61. The largest absolute Gasteiger partial charge is 0.456 e. The molecule has 51 heavy (non-hydrogen) atoms. The number of furan rings is 1. The van der Waals surface area contributed by atoms with E-state index < -0.39 is 0 Å². The lowest BCUT2D eigenvalue weighted by Crippen LogP contribution is -2.55. The first kappa shape index (κ1) is 28.3. The van der Waals surface area contributed by atoms with E-state index in [4.69, 9.17) is 4.42 Å². The zero-order valence-corrected chi connectivity index (χ0v) is 28.5. The fourth-order valence-electron chi connectivity index (χ4n) is 11.7. The summed E-state index contributed by atoms with van der Waals surface area (Å²) < 4.78 is 6.19. The van der Waals surface area contributed by atoms with Crippen LogP contribution in [0.1, 0.15) is 43.2 Å². The predicted molar refractivity (Wildman–Crippen MR) is 209 cm³/mol. The van der Waals surface area contributed by atoms with Crippen molar-refractivity contribution < 1.29 is 4.42 Å². The maximum atomic E-state index is 6.19. The first-order valence-electron chi connectivity index (χ1n) is 18.9. The van der Waals surface area contributed by atoms with Gasteiger partial charge >= 0.3 is 0 Å². The maximum Gasteiger partial charge on any atom is 0.135 e. The van der Waals surface area contributed by atoms with Crippen LogP contribution in [0.15, 0.2) is 144 Å². The normalized spacial score (nSPS) is 24.2. The molecule has 8 aromatic rings. The molecule has 0 unspecified atom stereocenters. The molecule has 0 N–H and O–H groups in total. The summed E-state index contributed by atoms with van der Waals surface area (Å²) in [5.74, 6) is 3.26. The van der Waals surface area contributed by atoms with Gasteiger partial charge in [-0.2, -0.15) is 0 Å². The first-order chi connectivity index (χ1) is 25.2. The van der Waals surface area contributed by atoms with Crippen molar-refractivity contribution in [2.45, 2.75) is 37.5 Å². The van der Waals surface area contributed by atoms with Crippen LogP contribution < -0.4 is 0 Å². The van der Waals surface area contributed by atoms with Crippen LogP contribution in [-0.2, 0) is 5.41 Å². The molecule has 1 spiro atoms. The minimum atomic E-state index is 0.101. The van der Waals surface area contributed by atoms with E-state index >= 15 is 0 Å². The van der Waals surface area contributed by atoms with Gasteiger partial charge < -0.3 is 4.42 Å². The van der Waals surface area contributed by atoms with Gasteiger partial charge in [-0.25, -0.2) is 0 Å². The lowest BCUT2D eigenvalue weighted by atomic mass is 9.43. The zero-order valence-electron chi connectivity index (χ0n) is 28.5. The van der Waals surface area contributed by atoms with Crippen molar-refractivity contribution in [2.24, 2.45) is 23.7 Å². The van der Waals surface area contributed by atoms with Crippen molar-refractivity contribution >= 4 is 32.7 Å². The molecule has 2 heterocycles.